The first kappa shape index (κ1) is 6.14. The van der Waals surface area contributed by atoms with Crippen LogP contribution in [-0.4, -0.2) is 0 Å². The molecule has 1 N–H and O–H groups in total. The molecular formula is C8H11N. The summed E-state index contributed by atoms with van der Waals surface area (Å²) in [4.78, 5) is 0. The van der Waals surface area contributed by atoms with E-state index in [0.29, 0.717) is 0 Å². The Hall–Kier alpha value is -0.980. The predicted octanol–water partition coefficient (Wildman–Crippen LogP) is 1.95. The Morgan fingerprint density at radius 1 is 1.56 bits per heavy atom. The highest BCUT2D eigenvalue weighted by Crippen LogP contribution is 1.98. The number of nitrogens with one attached hydrogen (secondary N) is 1. The molecule has 0 bridgehead atoms. The van der Waals surface area contributed by atoms with Crippen LogP contribution in [0.25, 0.3) is 0 Å². The molecular weight excluding hydrogens is 110 g/mol. The van der Waals surface area contributed by atoms with Gasteiger partial charge in [-0.15, -0.1) is 0 Å². The van der Waals surface area contributed by atoms with Crippen LogP contribution in [-0.2, 0) is 0 Å². The Morgan fingerprint density at radius 3 is 3.00 bits per heavy atom. The second-order valence-electron chi connectivity index (χ2n) is 1.93. The molecule has 0 radical (unpaired) electrons. The lowest BCUT2D eigenvalue weighted by atomic mass is 10.3. The van der Waals surface area contributed by atoms with Gasteiger partial charge in [-0.1, -0.05) is 19.1 Å². The summed E-state index contributed by atoms with van der Waals surface area (Å²) in [6, 6.07) is 0. The van der Waals surface area contributed by atoms with E-state index in [0.717, 1.165) is 6.42 Å². The summed E-state index contributed by atoms with van der Waals surface area (Å²) in [6.07, 6.45) is 11.2. The third-order valence-electron chi connectivity index (χ3n) is 1.16. The third kappa shape index (κ3) is 1.76. The average molecular weight is 121 g/mol. The average Bonchev–Trinajstić information content (AvgIpc) is 1.91. The van der Waals surface area contributed by atoms with E-state index >= 15 is 0 Å². The van der Waals surface area contributed by atoms with Crippen LogP contribution in [0.3, 0.4) is 0 Å². The molecule has 0 saturated carbocycles. The van der Waals surface area contributed by atoms with E-state index in [-0.39, 0.29) is 0 Å². The van der Waals surface area contributed by atoms with Gasteiger partial charge in [-0.25, -0.2) is 0 Å². The largest absolute Gasteiger partial charge is 0.362 e. The fourth-order valence-corrected chi connectivity index (χ4v) is 0.754. The number of allylic oxidation sites excluding steroid dienone is 4. The highest BCUT2D eigenvalue weighted by molar-refractivity contribution is 5.26. The van der Waals surface area contributed by atoms with Gasteiger partial charge in [-0.3, -0.25) is 0 Å². The van der Waals surface area contributed by atoms with Gasteiger partial charge in [0, 0.05) is 11.9 Å². The Morgan fingerprint density at radius 2 is 2.44 bits per heavy atom. The maximum atomic E-state index is 3.11. The molecule has 9 heavy (non-hydrogen) atoms. The van der Waals surface area contributed by atoms with E-state index in [4.69, 9.17) is 0 Å². The van der Waals surface area contributed by atoms with Crippen LogP contribution in [0.4, 0.5) is 0 Å². The molecule has 0 aliphatic carbocycles. The van der Waals surface area contributed by atoms with Crippen molar-refractivity contribution < 1.29 is 0 Å². The van der Waals surface area contributed by atoms with Gasteiger partial charge in [0.05, 0.1) is 0 Å². The Kier molecular flexibility index (Phi) is 2.13. The second-order valence-corrected chi connectivity index (χ2v) is 1.93. The standard InChI is InChI=1S/C8H11N/c1-2-5-8-6-3-4-7-9-8/h3-7,9H,2H2,1H3. The van der Waals surface area contributed by atoms with Gasteiger partial charge in [0.15, 0.2) is 0 Å². The predicted molar refractivity (Wildman–Crippen MR) is 39.8 cm³/mol. The molecule has 1 aliphatic heterocycles. The topological polar surface area (TPSA) is 12.0 Å². The molecule has 0 unspecified atom stereocenters. The van der Waals surface area contributed by atoms with Crippen LogP contribution < -0.4 is 5.32 Å². The van der Waals surface area contributed by atoms with Gasteiger partial charge >= 0.3 is 0 Å². The molecule has 0 aromatic heterocycles. The maximum Gasteiger partial charge on any atom is 0.0339 e. The molecule has 1 aliphatic rings. The van der Waals surface area contributed by atoms with Gasteiger partial charge in [0.25, 0.3) is 0 Å². The monoisotopic (exact) mass is 121 g/mol. The van der Waals surface area contributed by atoms with E-state index in [9.17, 15) is 0 Å². The minimum absolute atomic E-state index is 1.08. The molecule has 1 heterocycles. The fraction of sp³-hybridized carbons (Fsp3) is 0.250. The molecule has 0 amide bonds. The van der Waals surface area contributed by atoms with Crippen molar-refractivity contribution in [3.8, 4) is 0 Å². The minimum atomic E-state index is 1.08. The molecule has 0 atom stereocenters. The number of hydrogen-bond acceptors (Lipinski definition) is 1. The summed E-state index contributed by atoms with van der Waals surface area (Å²) >= 11 is 0. The first-order valence-electron chi connectivity index (χ1n) is 3.23. The lowest BCUT2D eigenvalue weighted by Gasteiger charge is -2.03. The molecule has 0 saturated heterocycles. The lowest BCUT2D eigenvalue weighted by molar-refractivity contribution is 1.06. The Balaban J connectivity index is 2.55. The molecule has 0 aromatic rings. The highest BCUT2D eigenvalue weighted by Gasteiger charge is 1.87. The minimum Gasteiger partial charge on any atom is -0.362 e. The number of hydrogen-bond donors (Lipinski definition) is 1. The Labute approximate surface area is 55.8 Å². The summed E-state index contributed by atoms with van der Waals surface area (Å²) in [5, 5.41) is 3.11. The number of rotatable bonds is 1. The molecule has 0 spiro atoms. The fourth-order valence-electron chi connectivity index (χ4n) is 0.754. The van der Waals surface area contributed by atoms with Crippen molar-refractivity contribution in [3.05, 3.63) is 36.2 Å². The quantitative estimate of drug-likeness (QED) is 0.559. The first-order valence-corrected chi connectivity index (χ1v) is 3.23. The van der Waals surface area contributed by atoms with E-state index in [1.165, 1.54) is 5.70 Å². The lowest BCUT2D eigenvalue weighted by Crippen LogP contribution is -2.03. The number of dihydropyridines is 1. The van der Waals surface area contributed by atoms with Crippen molar-refractivity contribution in [2.24, 2.45) is 0 Å². The normalized spacial score (nSPS) is 20.3. The maximum absolute atomic E-state index is 3.11. The highest BCUT2D eigenvalue weighted by atomic mass is 14.8. The van der Waals surface area contributed by atoms with E-state index in [1.54, 1.807) is 0 Å². The second kappa shape index (κ2) is 3.13. The van der Waals surface area contributed by atoms with E-state index in [2.05, 4.69) is 24.4 Å². The van der Waals surface area contributed by atoms with Crippen molar-refractivity contribution in [2.45, 2.75) is 13.3 Å². The van der Waals surface area contributed by atoms with Crippen LogP contribution in [0.2, 0.25) is 0 Å². The summed E-state index contributed by atoms with van der Waals surface area (Å²) in [6.45, 7) is 2.13. The zero-order valence-electron chi connectivity index (χ0n) is 5.59. The van der Waals surface area contributed by atoms with Gasteiger partial charge in [0.1, 0.15) is 0 Å². The molecule has 1 rings (SSSR count). The first-order chi connectivity index (χ1) is 4.43. The zero-order chi connectivity index (χ0) is 6.53. The third-order valence-corrected chi connectivity index (χ3v) is 1.16. The SMILES string of the molecule is CCC=C1C=CC=CN1. The van der Waals surface area contributed by atoms with Crippen LogP contribution >= 0.6 is 0 Å². The van der Waals surface area contributed by atoms with Gasteiger partial charge < -0.3 is 5.32 Å². The van der Waals surface area contributed by atoms with Crippen LogP contribution in [0.15, 0.2) is 36.2 Å². The van der Waals surface area contributed by atoms with Crippen molar-refractivity contribution in [1.29, 1.82) is 0 Å². The van der Waals surface area contributed by atoms with Crippen LogP contribution in [0.1, 0.15) is 13.3 Å². The van der Waals surface area contributed by atoms with E-state index < -0.39 is 0 Å². The van der Waals surface area contributed by atoms with Gasteiger partial charge in [0.2, 0.25) is 0 Å². The van der Waals surface area contributed by atoms with Gasteiger partial charge in [-0.2, -0.15) is 0 Å². The summed E-state index contributed by atoms with van der Waals surface area (Å²) < 4.78 is 0. The van der Waals surface area contributed by atoms with Crippen molar-refractivity contribution >= 4 is 0 Å². The zero-order valence-corrected chi connectivity index (χ0v) is 5.59. The van der Waals surface area contributed by atoms with Crippen molar-refractivity contribution in [3.63, 3.8) is 0 Å². The summed E-state index contributed by atoms with van der Waals surface area (Å²) in [5.74, 6) is 0. The Bertz CT molecular complexity index is 163. The van der Waals surface area contributed by atoms with Crippen molar-refractivity contribution in [1.82, 2.24) is 5.32 Å². The smallest absolute Gasteiger partial charge is 0.0339 e. The summed E-state index contributed by atoms with van der Waals surface area (Å²) in [5.41, 5.74) is 1.19. The molecule has 1 nitrogen and oxygen atoms in total. The molecule has 1 heteroatoms. The van der Waals surface area contributed by atoms with Gasteiger partial charge in [-0.05, 0) is 18.6 Å². The summed E-state index contributed by atoms with van der Waals surface area (Å²) in [7, 11) is 0. The molecule has 0 fully saturated rings. The molecule has 48 valence electrons. The van der Waals surface area contributed by atoms with E-state index in [1.807, 2.05) is 18.4 Å². The van der Waals surface area contributed by atoms with Crippen LogP contribution in [0.5, 0.6) is 0 Å². The van der Waals surface area contributed by atoms with Crippen molar-refractivity contribution in [2.75, 3.05) is 0 Å². The van der Waals surface area contributed by atoms with Crippen LogP contribution in [0, 0.1) is 0 Å². The molecule has 0 aromatic carbocycles.